The van der Waals surface area contributed by atoms with Crippen molar-refractivity contribution in [1.29, 1.82) is 0 Å². The van der Waals surface area contributed by atoms with Gasteiger partial charge in [0.25, 0.3) is 0 Å². The second-order valence-corrected chi connectivity index (χ2v) is 4.21. The molecule has 4 heteroatoms. The highest BCUT2D eigenvalue weighted by molar-refractivity contribution is 14.1. The summed E-state index contributed by atoms with van der Waals surface area (Å²) < 4.78 is 10.3. The van der Waals surface area contributed by atoms with Crippen molar-refractivity contribution in [3.05, 3.63) is 0 Å². The molecule has 82 valence electrons. The van der Waals surface area contributed by atoms with Crippen LogP contribution in [0.3, 0.4) is 0 Å². The lowest BCUT2D eigenvalue weighted by Gasteiger charge is -2.19. The molecule has 0 spiro atoms. The van der Waals surface area contributed by atoms with Crippen LogP contribution in [-0.2, 0) is 9.47 Å². The number of hydrogen-bond donors (Lipinski definition) is 0. The molecule has 0 aliphatic heterocycles. The summed E-state index contributed by atoms with van der Waals surface area (Å²) >= 11 is 1.99. The summed E-state index contributed by atoms with van der Waals surface area (Å²) in [6.07, 6.45) is 7.76. The first kappa shape index (κ1) is 12.1. The maximum atomic E-state index is 11.1. The lowest BCUT2D eigenvalue weighted by Crippen LogP contribution is -2.19. The van der Waals surface area contributed by atoms with Crippen LogP contribution >= 0.6 is 22.6 Å². The summed E-state index contributed by atoms with van der Waals surface area (Å²) in [4.78, 5) is 11.1. The molecule has 1 fully saturated rings. The third-order valence-electron chi connectivity index (χ3n) is 2.49. The number of hydrogen-bond acceptors (Lipinski definition) is 3. The fraction of sp³-hybridized carbons (Fsp3) is 0.900. The molecular weight excluding hydrogens is 295 g/mol. The Balaban J connectivity index is 2.22. The molecule has 1 aliphatic carbocycles. The van der Waals surface area contributed by atoms with Crippen molar-refractivity contribution in [2.45, 2.75) is 51.0 Å². The van der Waals surface area contributed by atoms with E-state index in [-0.39, 0.29) is 6.10 Å². The first-order valence-electron chi connectivity index (χ1n) is 5.22. The van der Waals surface area contributed by atoms with E-state index >= 15 is 0 Å². The van der Waals surface area contributed by atoms with Crippen LogP contribution in [0.2, 0.25) is 0 Å². The van der Waals surface area contributed by atoms with Crippen LogP contribution in [0.5, 0.6) is 0 Å². The smallest absolute Gasteiger partial charge is 0.431 e. The number of ether oxygens (including phenoxy) is 2. The molecule has 0 saturated heterocycles. The molecule has 0 aromatic rings. The summed E-state index contributed by atoms with van der Waals surface area (Å²) in [6.45, 7) is 0. The Labute approximate surface area is 98.7 Å². The Morgan fingerprint density at radius 1 is 1.14 bits per heavy atom. The van der Waals surface area contributed by atoms with Crippen LogP contribution in [0, 0.1) is 0 Å². The third-order valence-corrected chi connectivity index (χ3v) is 2.80. The monoisotopic (exact) mass is 312 g/mol. The highest BCUT2D eigenvalue weighted by Gasteiger charge is 2.16. The molecule has 14 heavy (non-hydrogen) atoms. The van der Waals surface area contributed by atoms with Crippen molar-refractivity contribution >= 4 is 28.7 Å². The van der Waals surface area contributed by atoms with E-state index in [0.29, 0.717) is 4.61 Å². The fourth-order valence-corrected chi connectivity index (χ4v) is 2.01. The van der Waals surface area contributed by atoms with Gasteiger partial charge in [0.15, 0.2) is 0 Å². The second-order valence-electron chi connectivity index (χ2n) is 3.59. The summed E-state index contributed by atoms with van der Waals surface area (Å²) in [5.74, 6) is 0. The van der Waals surface area contributed by atoms with Crippen molar-refractivity contribution in [3.8, 4) is 0 Å². The number of alkyl halides is 1. The number of rotatable bonds is 2. The topological polar surface area (TPSA) is 35.5 Å². The molecule has 0 bridgehead atoms. The van der Waals surface area contributed by atoms with E-state index in [1.807, 2.05) is 22.6 Å². The van der Waals surface area contributed by atoms with Gasteiger partial charge in [-0.1, -0.05) is 19.3 Å². The van der Waals surface area contributed by atoms with Gasteiger partial charge in [0.2, 0.25) is 0 Å². The van der Waals surface area contributed by atoms with Gasteiger partial charge in [0.1, 0.15) is 10.7 Å². The molecule has 3 nitrogen and oxygen atoms in total. The molecule has 1 rings (SSSR count). The van der Waals surface area contributed by atoms with E-state index < -0.39 is 6.16 Å². The molecule has 1 aliphatic rings. The van der Waals surface area contributed by atoms with E-state index in [1.165, 1.54) is 32.1 Å². The molecule has 0 amide bonds. The van der Waals surface area contributed by atoms with Gasteiger partial charge in [0, 0.05) is 0 Å². The average Bonchev–Trinajstić information content (AvgIpc) is 2.10. The van der Waals surface area contributed by atoms with Gasteiger partial charge < -0.3 is 9.47 Å². The van der Waals surface area contributed by atoms with Gasteiger partial charge in [0.05, 0.1) is 0 Å². The maximum Gasteiger partial charge on any atom is 0.509 e. The molecule has 0 aromatic carbocycles. The van der Waals surface area contributed by atoms with Crippen molar-refractivity contribution < 1.29 is 14.3 Å². The van der Waals surface area contributed by atoms with Crippen LogP contribution in [0.25, 0.3) is 0 Å². The minimum absolute atomic E-state index is 0.0887. The predicted molar refractivity (Wildman–Crippen MR) is 62.6 cm³/mol. The van der Waals surface area contributed by atoms with Gasteiger partial charge in [-0.15, -0.1) is 0 Å². The van der Waals surface area contributed by atoms with Gasteiger partial charge >= 0.3 is 6.16 Å². The van der Waals surface area contributed by atoms with E-state index in [1.54, 1.807) is 0 Å². The summed E-state index contributed by atoms with van der Waals surface area (Å²) in [5.41, 5.74) is 0. The molecule has 0 radical (unpaired) electrons. The second kappa shape index (κ2) is 7.31. The van der Waals surface area contributed by atoms with Gasteiger partial charge in [-0.2, -0.15) is 0 Å². The van der Waals surface area contributed by atoms with Gasteiger partial charge in [-0.3, -0.25) is 0 Å². The molecule has 1 saturated carbocycles. The lowest BCUT2D eigenvalue weighted by molar-refractivity contribution is 0.0258. The number of carbonyl (C=O) groups is 1. The fourth-order valence-electron chi connectivity index (χ4n) is 1.75. The highest BCUT2D eigenvalue weighted by atomic mass is 127. The van der Waals surface area contributed by atoms with Crippen LogP contribution in [0.15, 0.2) is 0 Å². The SMILES string of the molecule is O=C(OCI)OC1CCCCCCC1. The zero-order valence-electron chi connectivity index (χ0n) is 8.34. The molecule has 0 atom stereocenters. The lowest BCUT2D eigenvalue weighted by atomic mass is 9.99. The first-order valence-corrected chi connectivity index (χ1v) is 6.75. The quantitative estimate of drug-likeness (QED) is 0.443. The van der Waals surface area contributed by atoms with E-state index in [0.717, 1.165) is 12.8 Å². The van der Waals surface area contributed by atoms with Crippen LogP contribution in [-0.4, -0.2) is 16.9 Å². The number of carbonyl (C=O) groups excluding carboxylic acids is 1. The zero-order chi connectivity index (χ0) is 10.2. The first-order chi connectivity index (χ1) is 6.83. The normalized spacial score (nSPS) is 19.5. The Morgan fingerprint density at radius 2 is 1.71 bits per heavy atom. The molecular formula is C10H17IO3. The van der Waals surface area contributed by atoms with E-state index in [4.69, 9.17) is 9.47 Å². The van der Waals surface area contributed by atoms with E-state index in [9.17, 15) is 4.79 Å². The summed E-state index contributed by atoms with van der Waals surface area (Å²) in [5, 5.41) is 0. The minimum Gasteiger partial charge on any atom is -0.431 e. The molecule has 0 unspecified atom stereocenters. The van der Waals surface area contributed by atoms with Crippen molar-refractivity contribution in [2.75, 3.05) is 4.61 Å². The zero-order valence-corrected chi connectivity index (χ0v) is 10.5. The van der Waals surface area contributed by atoms with Gasteiger partial charge in [-0.05, 0) is 48.3 Å². The average molecular weight is 312 g/mol. The predicted octanol–water partition coefficient (Wildman–Crippen LogP) is 3.65. The van der Waals surface area contributed by atoms with Crippen LogP contribution in [0.1, 0.15) is 44.9 Å². The highest BCUT2D eigenvalue weighted by Crippen LogP contribution is 2.19. The Hall–Kier alpha value is -0.0000000000000000555. The van der Waals surface area contributed by atoms with Crippen molar-refractivity contribution in [3.63, 3.8) is 0 Å². The largest absolute Gasteiger partial charge is 0.509 e. The van der Waals surface area contributed by atoms with E-state index in [2.05, 4.69) is 0 Å². The molecule has 0 aromatic heterocycles. The standard InChI is InChI=1S/C10H17IO3/c11-8-13-10(12)14-9-6-4-2-1-3-5-7-9/h9H,1-8H2. The summed E-state index contributed by atoms with van der Waals surface area (Å²) in [6, 6.07) is 0. The Kier molecular flexibility index (Phi) is 6.31. The van der Waals surface area contributed by atoms with Crippen molar-refractivity contribution in [2.24, 2.45) is 0 Å². The third kappa shape index (κ3) is 5.02. The molecule has 0 N–H and O–H groups in total. The van der Waals surface area contributed by atoms with Crippen LogP contribution < -0.4 is 0 Å². The van der Waals surface area contributed by atoms with Gasteiger partial charge in [-0.25, -0.2) is 4.79 Å². The van der Waals surface area contributed by atoms with Crippen molar-refractivity contribution in [1.82, 2.24) is 0 Å². The van der Waals surface area contributed by atoms with Crippen LogP contribution in [0.4, 0.5) is 4.79 Å². The summed E-state index contributed by atoms with van der Waals surface area (Å²) in [7, 11) is 0. The minimum atomic E-state index is -0.509. The maximum absolute atomic E-state index is 11.1. The number of halogens is 1. The Morgan fingerprint density at radius 3 is 2.29 bits per heavy atom. The Bertz CT molecular complexity index is 165. The molecule has 0 heterocycles.